The van der Waals surface area contributed by atoms with Gasteiger partial charge in [0, 0.05) is 17.5 Å². The van der Waals surface area contributed by atoms with Gasteiger partial charge in [0.05, 0.1) is 22.7 Å². The third kappa shape index (κ3) is 1.96. The molecule has 0 amide bonds. The van der Waals surface area contributed by atoms with Crippen molar-refractivity contribution in [2.45, 2.75) is 12.8 Å². The van der Waals surface area contributed by atoms with Crippen LogP contribution in [0.1, 0.15) is 17.7 Å². The maximum absolute atomic E-state index is 12.3. The number of aromatic nitrogens is 2. The molecular weight excluding hydrogens is 262 g/mol. The van der Waals surface area contributed by atoms with E-state index in [0.29, 0.717) is 5.56 Å². The molecule has 102 valence electrons. The Balaban J connectivity index is 1.92. The molecule has 3 aliphatic rings. The van der Waals surface area contributed by atoms with Crippen molar-refractivity contribution in [1.29, 1.82) is 0 Å². The fourth-order valence-corrected chi connectivity index (χ4v) is 2.81. The summed E-state index contributed by atoms with van der Waals surface area (Å²) in [6, 6.07) is 13.5. The van der Waals surface area contributed by atoms with Crippen LogP contribution in [-0.4, -0.2) is 15.7 Å². The molecule has 0 aromatic carbocycles. The molecule has 1 aliphatic carbocycles. The number of H-pyrrole nitrogens is 1. The number of hydrogen-bond donors (Lipinski definition) is 1. The number of nitrogens with one attached hydrogen (secondary N) is 1. The Kier molecular flexibility index (Phi) is 2.67. The lowest BCUT2D eigenvalue weighted by Gasteiger charge is -2.13. The molecule has 0 saturated heterocycles. The van der Waals surface area contributed by atoms with Crippen LogP contribution >= 0.6 is 0 Å². The minimum atomic E-state index is -0.0673. The summed E-state index contributed by atoms with van der Waals surface area (Å²) < 4.78 is 0. The summed E-state index contributed by atoms with van der Waals surface area (Å²) in [6.07, 6.45) is 3.34. The predicted molar refractivity (Wildman–Crippen MR) is 82.4 cm³/mol. The second-order valence-corrected chi connectivity index (χ2v) is 5.09. The van der Waals surface area contributed by atoms with Crippen LogP contribution in [0.2, 0.25) is 0 Å². The van der Waals surface area contributed by atoms with E-state index in [-0.39, 0.29) is 5.56 Å². The first-order valence-electron chi connectivity index (χ1n) is 6.96. The van der Waals surface area contributed by atoms with E-state index in [1.807, 2.05) is 42.5 Å². The topological polar surface area (TPSA) is 58.1 Å². The summed E-state index contributed by atoms with van der Waals surface area (Å²) in [5.74, 6) is 0. The standard InChI is InChI=1S/C17H13N3O/c21-17-16(11-5-2-1-3-6-12(11)20-17)15-9-8-13-14(19-15)7-4-10-18-13/h1-7,10H,8-9H2,(H,20,21). The van der Waals surface area contributed by atoms with Gasteiger partial charge in [-0.3, -0.25) is 14.8 Å². The zero-order valence-corrected chi connectivity index (χ0v) is 11.3. The lowest BCUT2D eigenvalue weighted by molar-refractivity contribution is 0.944. The van der Waals surface area contributed by atoms with Crippen LogP contribution in [0.25, 0.3) is 11.3 Å². The molecular formula is C17H13N3O. The van der Waals surface area contributed by atoms with Crippen molar-refractivity contribution in [3.63, 3.8) is 0 Å². The van der Waals surface area contributed by atoms with E-state index >= 15 is 0 Å². The van der Waals surface area contributed by atoms with Crippen molar-refractivity contribution in [2.24, 2.45) is 4.99 Å². The number of nitrogens with zero attached hydrogens (tertiary/aromatic N) is 2. The second-order valence-electron chi connectivity index (χ2n) is 5.09. The average Bonchev–Trinajstić information content (AvgIpc) is 2.68. The number of rotatable bonds is 1. The van der Waals surface area contributed by atoms with Crippen LogP contribution in [0.15, 0.2) is 58.4 Å². The smallest absolute Gasteiger partial charge is 0.258 e. The van der Waals surface area contributed by atoms with Crippen molar-refractivity contribution in [2.75, 3.05) is 0 Å². The Bertz CT molecular complexity index is 879. The number of fused-ring (bicyclic) bond motifs is 2. The molecule has 21 heavy (non-hydrogen) atoms. The SMILES string of the molecule is O=c1[nH]c2cccccc-2c1C1=Nc2cccnc2CC1. The van der Waals surface area contributed by atoms with Gasteiger partial charge in [-0.2, -0.15) is 0 Å². The summed E-state index contributed by atoms with van der Waals surface area (Å²) in [6.45, 7) is 0. The van der Waals surface area contributed by atoms with E-state index in [0.717, 1.165) is 41.2 Å². The van der Waals surface area contributed by atoms with Gasteiger partial charge in [0.25, 0.3) is 5.56 Å². The van der Waals surface area contributed by atoms with Crippen molar-refractivity contribution < 1.29 is 0 Å². The van der Waals surface area contributed by atoms with E-state index in [4.69, 9.17) is 0 Å². The highest BCUT2D eigenvalue weighted by Crippen LogP contribution is 2.29. The van der Waals surface area contributed by atoms with E-state index < -0.39 is 0 Å². The quantitative estimate of drug-likeness (QED) is 0.742. The third-order valence-corrected chi connectivity index (χ3v) is 3.79. The molecule has 1 aromatic rings. The molecule has 0 bridgehead atoms. The van der Waals surface area contributed by atoms with E-state index in [1.54, 1.807) is 6.20 Å². The summed E-state index contributed by atoms with van der Waals surface area (Å²) in [7, 11) is 0. The first-order valence-corrected chi connectivity index (χ1v) is 6.96. The van der Waals surface area contributed by atoms with Crippen molar-refractivity contribution in [1.82, 2.24) is 9.97 Å². The van der Waals surface area contributed by atoms with Gasteiger partial charge in [-0.15, -0.1) is 0 Å². The molecule has 4 nitrogen and oxygen atoms in total. The molecule has 0 fully saturated rings. The van der Waals surface area contributed by atoms with Crippen molar-refractivity contribution in [3.05, 3.63) is 70.3 Å². The Morgan fingerprint density at radius 2 is 1.90 bits per heavy atom. The highest BCUT2D eigenvalue weighted by molar-refractivity contribution is 6.08. The minimum absolute atomic E-state index is 0.0673. The molecule has 3 heterocycles. The van der Waals surface area contributed by atoms with E-state index in [1.165, 1.54) is 0 Å². The average molecular weight is 275 g/mol. The highest BCUT2D eigenvalue weighted by atomic mass is 16.1. The maximum Gasteiger partial charge on any atom is 0.258 e. The summed E-state index contributed by atoms with van der Waals surface area (Å²) in [5, 5.41) is 0. The molecule has 1 N–H and O–H groups in total. The highest BCUT2D eigenvalue weighted by Gasteiger charge is 2.22. The van der Waals surface area contributed by atoms with Crippen LogP contribution in [0, 0.1) is 0 Å². The zero-order chi connectivity index (χ0) is 14.2. The second kappa shape index (κ2) is 4.66. The van der Waals surface area contributed by atoms with E-state index in [2.05, 4.69) is 15.0 Å². The molecule has 1 aromatic heterocycles. The zero-order valence-electron chi connectivity index (χ0n) is 11.3. The number of aromatic amines is 1. The Hall–Kier alpha value is -2.75. The van der Waals surface area contributed by atoms with Gasteiger partial charge in [-0.05, 0) is 31.0 Å². The van der Waals surface area contributed by atoms with Crippen LogP contribution in [0.3, 0.4) is 0 Å². The van der Waals surface area contributed by atoms with E-state index in [9.17, 15) is 4.79 Å². The fraction of sp³-hybridized carbons (Fsp3) is 0.118. The Labute approximate surface area is 121 Å². The molecule has 4 heteroatoms. The number of hydrogen-bond acceptors (Lipinski definition) is 3. The molecule has 2 aliphatic heterocycles. The Morgan fingerprint density at radius 1 is 1.00 bits per heavy atom. The minimum Gasteiger partial charge on any atom is -0.321 e. The summed E-state index contributed by atoms with van der Waals surface area (Å²) >= 11 is 0. The van der Waals surface area contributed by atoms with Crippen LogP contribution in [-0.2, 0) is 6.42 Å². The molecule has 0 unspecified atom stereocenters. The molecule has 4 rings (SSSR count). The molecule has 0 spiro atoms. The van der Waals surface area contributed by atoms with Crippen molar-refractivity contribution in [3.8, 4) is 11.3 Å². The van der Waals surface area contributed by atoms with Crippen molar-refractivity contribution >= 4 is 11.4 Å². The van der Waals surface area contributed by atoms with Gasteiger partial charge in [-0.1, -0.05) is 24.3 Å². The fourth-order valence-electron chi connectivity index (χ4n) is 2.81. The monoisotopic (exact) mass is 275 g/mol. The van der Waals surface area contributed by atoms with Gasteiger partial charge in [0.15, 0.2) is 0 Å². The molecule has 0 radical (unpaired) electrons. The number of aliphatic imine (C=N–C) groups is 1. The Morgan fingerprint density at radius 3 is 2.86 bits per heavy atom. The molecule has 0 atom stereocenters. The van der Waals surface area contributed by atoms with Gasteiger partial charge >= 0.3 is 0 Å². The van der Waals surface area contributed by atoms with Gasteiger partial charge in [-0.25, -0.2) is 0 Å². The van der Waals surface area contributed by atoms with Crippen LogP contribution in [0.5, 0.6) is 0 Å². The van der Waals surface area contributed by atoms with Crippen LogP contribution < -0.4 is 5.56 Å². The summed E-state index contributed by atoms with van der Waals surface area (Å²) in [5.41, 5.74) is 5.11. The largest absolute Gasteiger partial charge is 0.321 e. The summed E-state index contributed by atoms with van der Waals surface area (Å²) in [4.78, 5) is 24.2. The van der Waals surface area contributed by atoms with Gasteiger partial charge < -0.3 is 4.98 Å². The van der Waals surface area contributed by atoms with Gasteiger partial charge in [0.2, 0.25) is 0 Å². The van der Waals surface area contributed by atoms with Crippen LogP contribution in [0.4, 0.5) is 5.69 Å². The third-order valence-electron chi connectivity index (χ3n) is 3.79. The first-order chi connectivity index (χ1) is 10.3. The first kappa shape index (κ1) is 12.0. The lowest BCUT2D eigenvalue weighted by Crippen LogP contribution is -2.16. The normalized spacial score (nSPS) is 13.8. The lowest BCUT2D eigenvalue weighted by atomic mass is 9.98. The predicted octanol–water partition coefficient (Wildman–Crippen LogP) is 2.94. The number of pyridine rings is 1. The number of aryl methyl sites for hydroxylation is 1. The van der Waals surface area contributed by atoms with Gasteiger partial charge in [0.1, 0.15) is 0 Å². The maximum atomic E-state index is 12.3. The molecule has 0 saturated carbocycles.